The number of nitrogens with zero attached hydrogens (tertiary/aromatic N) is 3. The molecule has 0 saturated heterocycles. The zero-order valence-corrected chi connectivity index (χ0v) is 21.2. The number of phenolic OH excluding ortho intramolecular Hbond substituents is 1. The van der Waals surface area contributed by atoms with Crippen LogP contribution in [0.25, 0.3) is 0 Å². The highest BCUT2D eigenvalue weighted by molar-refractivity contribution is 5.47. The van der Waals surface area contributed by atoms with Gasteiger partial charge in [-0.25, -0.2) is 0 Å². The zero-order chi connectivity index (χ0) is 24.0. The summed E-state index contributed by atoms with van der Waals surface area (Å²) in [5.74, 6) is 0.997. The van der Waals surface area contributed by atoms with Gasteiger partial charge in [-0.15, -0.1) is 0 Å². The summed E-state index contributed by atoms with van der Waals surface area (Å²) in [7, 11) is 3.87. The molecule has 1 heterocycles. The fraction of sp³-hybridized carbons (Fsp3) is 0.667. The molecule has 1 aromatic carbocycles. The molecule has 0 amide bonds. The highest BCUT2D eigenvalue weighted by Crippen LogP contribution is 2.52. The Labute approximate surface area is 198 Å². The van der Waals surface area contributed by atoms with Gasteiger partial charge in [0.25, 0.3) is 0 Å². The van der Waals surface area contributed by atoms with Gasteiger partial charge < -0.3 is 19.8 Å². The Morgan fingerprint density at radius 3 is 2.64 bits per heavy atom. The molecule has 4 rings (SSSR count). The summed E-state index contributed by atoms with van der Waals surface area (Å²) in [4.78, 5) is 2.36. The first kappa shape index (κ1) is 24.2. The van der Waals surface area contributed by atoms with E-state index in [1.54, 1.807) is 13.2 Å². The Morgan fingerprint density at radius 2 is 2.00 bits per heavy atom. The minimum atomic E-state index is -1.00. The Kier molecular flexibility index (Phi) is 6.64. The molecule has 3 atom stereocenters. The minimum absolute atomic E-state index is 0.0466. The van der Waals surface area contributed by atoms with E-state index in [9.17, 15) is 10.2 Å². The summed E-state index contributed by atoms with van der Waals surface area (Å²) in [6.07, 6.45) is 4.58. The molecule has 33 heavy (non-hydrogen) atoms. The summed E-state index contributed by atoms with van der Waals surface area (Å²) < 4.78 is 7.43. The Hall–Kier alpha value is -1.89. The lowest BCUT2D eigenvalue weighted by atomic mass is 9.54. The van der Waals surface area contributed by atoms with Crippen LogP contribution in [0.3, 0.4) is 0 Å². The van der Waals surface area contributed by atoms with Crippen molar-refractivity contribution in [3.63, 3.8) is 0 Å². The molecule has 0 radical (unpaired) electrons. The molecule has 6 heteroatoms. The van der Waals surface area contributed by atoms with E-state index in [2.05, 4.69) is 44.3 Å². The Bertz CT molecular complexity index is 999. The molecule has 1 saturated carbocycles. The quantitative estimate of drug-likeness (QED) is 0.603. The first-order valence-corrected chi connectivity index (χ1v) is 12.4. The van der Waals surface area contributed by atoms with Crippen LogP contribution in [-0.4, -0.2) is 63.8 Å². The van der Waals surface area contributed by atoms with E-state index in [0.717, 1.165) is 35.7 Å². The van der Waals surface area contributed by atoms with E-state index >= 15 is 0 Å². The van der Waals surface area contributed by atoms with Crippen molar-refractivity contribution in [2.75, 3.05) is 27.3 Å². The average molecular weight is 456 g/mol. The van der Waals surface area contributed by atoms with Crippen LogP contribution in [-0.2, 0) is 29.5 Å². The number of hydrogen-bond acceptors (Lipinski definition) is 5. The van der Waals surface area contributed by atoms with Crippen molar-refractivity contribution in [3.8, 4) is 5.75 Å². The van der Waals surface area contributed by atoms with Gasteiger partial charge >= 0.3 is 0 Å². The number of phenols is 1. The maximum atomic E-state index is 12.8. The number of fused-ring (bicyclic) bond motifs is 1. The summed E-state index contributed by atoms with van der Waals surface area (Å²) in [6.45, 7) is 10.8. The zero-order valence-electron chi connectivity index (χ0n) is 21.2. The van der Waals surface area contributed by atoms with E-state index < -0.39 is 11.0 Å². The van der Waals surface area contributed by atoms with E-state index in [4.69, 9.17) is 9.84 Å². The van der Waals surface area contributed by atoms with Gasteiger partial charge in [0, 0.05) is 43.6 Å². The SMILES string of the molecule is CC[C@]1(c2cc(O)ccc2C)Cc2c(c(C)nn2CCOC)C[C@@]1(O)[C@@H](C)N(C)CC1CC1. The largest absolute Gasteiger partial charge is 0.508 e. The lowest BCUT2D eigenvalue weighted by molar-refractivity contribution is -0.105. The molecular weight excluding hydrogens is 414 g/mol. The molecule has 0 bridgehead atoms. The second-order valence-electron chi connectivity index (χ2n) is 10.5. The van der Waals surface area contributed by atoms with Crippen LogP contribution in [0, 0.1) is 19.8 Å². The van der Waals surface area contributed by atoms with Crippen molar-refractivity contribution >= 4 is 0 Å². The summed E-state index contributed by atoms with van der Waals surface area (Å²) in [5, 5.41) is 28.1. The summed E-state index contributed by atoms with van der Waals surface area (Å²) in [5.41, 5.74) is 3.95. The van der Waals surface area contributed by atoms with E-state index in [1.165, 1.54) is 24.1 Å². The van der Waals surface area contributed by atoms with Crippen LogP contribution in [0.1, 0.15) is 61.2 Å². The van der Waals surface area contributed by atoms with Gasteiger partial charge in [-0.05, 0) is 81.8 Å². The lowest BCUT2D eigenvalue weighted by Gasteiger charge is -2.55. The number of aromatic hydroxyl groups is 1. The van der Waals surface area contributed by atoms with Gasteiger partial charge in [0.2, 0.25) is 0 Å². The number of aryl methyl sites for hydroxylation is 2. The number of aromatic nitrogens is 2. The molecule has 0 aliphatic heterocycles. The van der Waals surface area contributed by atoms with Crippen molar-refractivity contribution in [2.24, 2.45) is 5.92 Å². The molecule has 0 spiro atoms. The number of methoxy groups -OCH3 is 1. The molecule has 182 valence electrons. The highest BCUT2D eigenvalue weighted by Gasteiger charge is 2.58. The minimum Gasteiger partial charge on any atom is -0.508 e. The third-order valence-corrected chi connectivity index (χ3v) is 8.55. The predicted molar refractivity (Wildman–Crippen MR) is 131 cm³/mol. The second kappa shape index (κ2) is 9.05. The molecule has 2 aliphatic rings. The molecule has 2 aliphatic carbocycles. The molecule has 0 unspecified atom stereocenters. The normalized spacial score (nSPS) is 25.9. The third kappa shape index (κ3) is 4.11. The number of likely N-dealkylation sites (N-methyl/N-ethyl adjacent to an activating group) is 1. The first-order valence-electron chi connectivity index (χ1n) is 12.4. The van der Waals surface area contributed by atoms with Crippen LogP contribution < -0.4 is 0 Å². The first-order chi connectivity index (χ1) is 15.7. The van der Waals surface area contributed by atoms with Gasteiger partial charge in [0.1, 0.15) is 5.75 Å². The number of benzene rings is 1. The number of rotatable bonds is 9. The topological polar surface area (TPSA) is 70.8 Å². The van der Waals surface area contributed by atoms with Crippen LogP contribution >= 0.6 is 0 Å². The van der Waals surface area contributed by atoms with Crippen LogP contribution in [0.4, 0.5) is 0 Å². The molecular formula is C27H41N3O3. The van der Waals surface area contributed by atoms with Gasteiger partial charge in [-0.1, -0.05) is 13.0 Å². The molecule has 2 N–H and O–H groups in total. The van der Waals surface area contributed by atoms with E-state index in [0.29, 0.717) is 26.0 Å². The second-order valence-corrected chi connectivity index (χ2v) is 10.5. The van der Waals surface area contributed by atoms with Crippen molar-refractivity contribution < 1.29 is 14.9 Å². The van der Waals surface area contributed by atoms with Crippen molar-refractivity contribution in [2.45, 2.75) is 83.4 Å². The lowest BCUT2D eigenvalue weighted by Crippen LogP contribution is -2.66. The van der Waals surface area contributed by atoms with Crippen molar-refractivity contribution in [3.05, 3.63) is 46.3 Å². The number of hydrogen-bond donors (Lipinski definition) is 2. The fourth-order valence-electron chi connectivity index (χ4n) is 6.19. The Balaban J connectivity index is 1.88. The maximum absolute atomic E-state index is 12.8. The average Bonchev–Trinajstić information content (AvgIpc) is 3.56. The molecule has 6 nitrogen and oxygen atoms in total. The van der Waals surface area contributed by atoms with Gasteiger partial charge in [0.15, 0.2) is 0 Å². The summed E-state index contributed by atoms with van der Waals surface area (Å²) >= 11 is 0. The van der Waals surface area contributed by atoms with Crippen LogP contribution in [0.15, 0.2) is 18.2 Å². The fourth-order valence-corrected chi connectivity index (χ4v) is 6.19. The number of ether oxygens (including phenoxy) is 1. The summed E-state index contributed by atoms with van der Waals surface area (Å²) in [6, 6.07) is 5.55. The molecule has 1 fully saturated rings. The maximum Gasteiger partial charge on any atom is 0.115 e. The monoisotopic (exact) mass is 455 g/mol. The van der Waals surface area contributed by atoms with Gasteiger partial charge in [0.05, 0.1) is 24.4 Å². The Morgan fingerprint density at radius 1 is 1.27 bits per heavy atom. The van der Waals surface area contributed by atoms with Crippen molar-refractivity contribution in [1.82, 2.24) is 14.7 Å². The predicted octanol–water partition coefficient (Wildman–Crippen LogP) is 3.76. The van der Waals surface area contributed by atoms with Gasteiger partial charge in [-0.3, -0.25) is 4.68 Å². The number of aliphatic hydroxyl groups is 1. The van der Waals surface area contributed by atoms with Crippen LogP contribution in [0.5, 0.6) is 5.75 Å². The van der Waals surface area contributed by atoms with Gasteiger partial charge in [-0.2, -0.15) is 5.10 Å². The van der Waals surface area contributed by atoms with Crippen LogP contribution in [0.2, 0.25) is 0 Å². The smallest absolute Gasteiger partial charge is 0.115 e. The standard InChI is InChI=1S/C27H41N3O3/c1-7-26(24-14-22(31)11-8-18(24)2)16-25-23(19(3)28-30(25)12-13-33-6)15-27(26,32)20(4)29(5)17-21-9-10-21/h8,11,14,20-21,31-32H,7,9-10,12-13,15-17H2,1-6H3/t20-,26-,27-/m1/s1. The third-order valence-electron chi connectivity index (χ3n) is 8.55. The molecule has 2 aromatic rings. The highest BCUT2D eigenvalue weighted by atomic mass is 16.5. The van der Waals surface area contributed by atoms with E-state index in [-0.39, 0.29) is 11.8 Å². The van der Waals surface area contributed by atoms with E-state index in [1.807, 2.05) is 12.1 Å². The van der Waals surface area contributed by atoms with Crippen molar-refractivity contribution in [1.29, 1.82) is 0 Å². The molecule has 1 aromatic heterocycles.